The number of carbonyl (C=O) groups excluding carboxylic acids is 1. The summed E-state index contributed by atoms with van der Waals surface area (Å²) < 4.78 is 0. The van der Waals surface area contributed by atoms with Crippen LogP contribution >= 0.6 is 0 Å². The van der Waals surface area contributed by atoms with E-state index in [-0.39, 0.29) is 11.9 Å². The predicted molar refractivity (Wildman–Crippen MR) is 68.0 cm³/mol. The lowest BCUT2D eigenvalue weighted by atomic mass is 9.88. The lowest BCUT2D eigenvalue weighted by Crippen LogP contribution is -2.48. The van der Waals surface area contributed by atoms with Gasteiger partial charge in [0.15, 0.2) is 0 Å². The van der Waals surface area contributed by atoms with Gasteiger partial charge in [-0.2, -0.15) is 0 Å². The summed E-state index contributed by atoms with van der Waals surface area (Å²) in [6.07, 6.45) is 6.46. The average Bonchev–Trinajstić information content (AvgIpc) is 2.91. The molecule has 0 spiro atoms. The smallest absolute Gasteiger partial charge is 0.251 e. The van der Waals surface area contributed by atoms with Crippen molar-refractivity contribution in [3.63, 3.8) is 0 Å². The topological polar surface area (TPSA) is 58.4 Å². The van der Waals surface area contributed by atoms with Crippen LogP contribution in [0.1, 0.15) is 39.0 Å². The number of hydrogen-bond acceptors (Lipinski definition) is 3. The third-order valence-corrected chi connectivity index (χ3v) is 4.77. The normalized spacial score (nSPS) is 33.1. The number of nitrogens with two attached hydrogens (primary N) is 1. The van der Waals surface area contributed by atoms with E-state index in [1.807, 2.05) is 6.92 Å². The molecule has 4 nitrogen and oxygen atoms in total. The van der Waals surface area contributed by atoms with E-state index in [0.717, 1.165) is 30.7 Å². The molecule has 2 fully saturated rings. The first kappa shape index (κ1) is 12.8. The minimum absolute atomic E-state index is 0.0573. The molecule has 0 aromatic carbocycles. The lowest BCUT2D eigenvalue weighted by molar-refractivity contribution is -0.126. The molecule has 3 N–H and O–H groups in total. The zero-order valence-electron chi connectivity index (χ0n) is 11.0. The average molecular weight is 239 g/mol. The van der Waals surface area contributed by atoms with Gasteiger partial charge < -0.3 is 0 Å². The second-order valence-electron chi connectivity index (χ2n) is 5.81. The summed E-state index contributed by atoms with van der Waals surface area (Å²) >= 11 is 0. The van der Waals surface area contributed by atoms with Crippen LogP contribution in [-0.2, 0) is 4.79 Å². The zero-order chi connectivity index (χ0) is 12.4. The Hall–Kier alpha value is -0.610. The highest BCUT2D eigenvalue weighted by atomic mass is 16.2. The molecule has 0 aromatic heterocycles. The van der Waals surface area contributed by atoms with Crippen molar-refractivity contribution >= 4 is 5.91 Å². The van der Waals surface area contributed by atoms with Gasteiger partial charge in [-0.1, -0.05) is 13.3 Å². The Morgan fingerprint density at radius 3 is 2.71 bits per heavy atom. The highest BCUT2D eigenvalue weighted by Crippen LogP contribution is 2.48. The van der Waals surface area contributed by atoms with Crippen LogP contribution in [0, 0.1) is 17.8 Å². The molecule has 2 rings (SSSR count). The first-order valence-electron chi connectivity index (χ1n) is 6.86. The molecule has 2 aliphatic rings. The van der Waals surface area contributed by atoms with Gasteiger partial charge >= 0.3 is 0 Å². The van der Waals surface area contributed by atoms with Crippen LogP contribution in [0.2, 0.25) is 0 Å². The highest BCUT2D eigenvalue weighted by Gasteiger charge is 2.40. The molecule has 4 unspecified atom stereocenters. The zero-order valence-corrected chi connectivity index (χ0v) is 11.0. The van der Waals surface area contributed by atoms with E-state index in [2.05, 4.69) is 17.4 Å². The Labute approximate surface area is 104 Å². The van der Waals surface area contributed by atoms with Gasteiger partial charge in [0.25, 0.3) is 5.91 Å². The van der Waals surface area contributed by atoms with Crippen molar-refractivity contribution < 1.29 is 4.79 Å². The van der Waals surface area contributed by atoms with Gasteiger partial charge in [0.2, 0.25) is 0 Å². The molecule has 0 aromatic rings. The number of hydrazine groups is 1. The molecule has 0 radical (unpaired) electrons. The van der Waals surface area contributed by atoms with Crippen LogP contribution in [0.15, 0.2) is 0 Å². The molecule has 2 aliphatic carbocycles. The summed E-state index contributed by atoms with van der Waals surface area (Å²) in [7, 11) is 2.05. The number of rotatable bonds is 5. The van der Waals surface area contributed by atoms with E-state index >= 15 is 0 Å². The molecule has 2 saturated carbocycles. The molecule has 2 bridgehead atoms. The fourth-order valence-corrected chi connectivity index (χ4v) is 3.89. The number of likely N-dealkylation sites (N-methyl/N-ethyl adjacent to an activating group) is 1. The van der Waals surface area contributed by atoms with E-state index < -0.39 is 0 Å². The Morgan fingerprint density at radius 2 is 2.24 bits per heavy atom. The summed E-state index contributed by atoms with van der Waals surface area (Å²) in [5, 5.41) is 0. The van der Waals surface area contributed by atoms with Crippen molar-refractivity contribution in [3.8, 4) is 0 Å². The van der Waals surface area contributed by atoms with E-state index in [1.165, 1.54) is 25.7 Å². The number of nitrogens with zero attached hydrogens (tertiary/aromatic N) is 1. The van der Waals surface area contributed by atoms with Gasteiger partial charge in [-0.3, -0.25) is 15.1 Å². The standard InChI is InChI=1S/C13H25N3O/c1-3-12(13(17)15-14)16(2)8-11-7-9-4-5-10(11)6-9/h9-12H,3-8,14H2,1-2H3,(H,15,17). The number of amides is 1. The molecule has 4 atom stereocenters. The summed E-state index contributed by atoms with van der Waals surface area (Å²) in [4.78, 5) is 13.8. The maximum absolute atomic E-state index is 11.6. The lowest BCUT2D eigenvalue weighted by Gasteiger charge is -2.31. The van der Waals surface area contributed by atoms with Crippen molar-refractivity contribution in [1.82, 2.24) is 10.3 Å². The summed E-state index contributed by atoms with van der Waals surface area (Å²) in [6, 6.07) is -0.0703. The third-order valence-electron chi connectivity index (χ3n) is 4.77. The Bertz CT molecular complexity index is 282. The van der Waals surface area contributed by atoms with Crippen LogP contribution in [0.4, 0.5) is 0 Å². The van der Waals surface area contributed by atoms with E-state index in [0.29, 0.717) is 0 Å². The van der Waals surface area contributed by atoms with Crippen LogP contribution in [0.5, 0.6) is 0 Å². The van der Waals surface area contributed by atoms with Crippen molar-refractivity contribution in [2.45, 2.75) is 45.1 Å². The first-order chi connectivity index (χ1) is 8.15. The van der Waals surface area contributed by atoms with Gasteiger partial charge in [0.05, 0.1) is 6.04 Å². The Morgan fingerprint density at radius 1 is 1.47 bits per heavy atom. The van der Waals surface area contributed by atoms with Gasteiger partial charge in [-0.05, 0) is 50.5 Å². The van der Waals surface area contributed by atoms with Crippen LogP contribution < -0.4 is 11.3 Å². The largest absolute Gasteiger partial charge is 0.295 e. The number of hydrogen-bond donors (Lipinski definition) is 2. The second kappa shape index (κ2) is 5.36. The minimum Gasteiger partial charge on any atom is -0.295 e. The SMILES string of the molecule is CCC(C(=O)NN)N(C)CC1CC2CCC1C2. The van der Waals surface area contributed by atoms with Crippen molar-refractivity contribution in [2.75, 3.05) is 13.6 Å². The predicted octanol–water partition coefficient (Wildman–Crippen LogP) is 1.12. The molecule has 4 heteroatoms. The molecule has 0 aliphatic heterocycles. The number of nitrogens with one attached hydrogen (secondary N) is 1. The number of carbonyl (C=O) groups is 1. The molecule has 98 valence electrons. The second-order valence-corrected chi connectivity index (χ2v) is 5.81. The van der Waals surface area contributed by atoms with Gasteiger partial charge in [0, 0.05) is 6.54 Å². The maximum Gasteiger partial charge on any atom is 0.251 e. The fourth-order valence-electron chi connectivity index (χ4n) is 3.89. The van der Waals surface area contributed by atoms with Crippen LogP contribution in [-0.4, -0.2) is 30.4 Å². The molecule has 0 heterocycles. The van der Waals surface area contributed by atoms with Crippen molar-refractivity contribution in [1.29, 1.82) is 0 Å². The van der Waals surface area contributed by atoms with Crippen molar-refractivity contribution in [2.24, 2.45) is 23.6 Å². The maximum atomic E-state index is 11.6. The van der Waals surface area contributed by atoms with Gasteiger partial charge in [0.1, 0.15) is 0 Å². The molecule has 17 heavy (non-hydrogen) atoms. The minimum atomic E-state index is -0.0703. The third kappa shape index (κ3) is 2.63. The first-order valence-corrected chi connectivity index (χ1v) is 6.86. The molecule has 1 amide bonds. The van der Waals surface area contributed by atoms with Crippen LogP contribution in [0.25, 0.3) is 0 Å². The monoisotopic (exact) mass is 239 g/mol. The van der Waals surface area contributed by atoms with Crippen molar-refractivity contribution in [3.05, 3.63) is 0 Å². The van der Waals surface area contributed by atoms with Crippen LogP contribution in [0.3, 0.4) is 0 Å². The fraction of sp³-hybridized carbons (Fsp3) is 0.923. The molecular formula is C13H25N3O. The Kier molecular flexibility index (Phi) is 4.05. The highest BCUT2D eigenvalue weighted by molar-refractivity contribution is 5.80. The van der Waals surface area contributed by atoms with Gasteiger partial charge in [-0.25, -0.2) is 5.84 Å². The number of fused-ring (bicyclic) bond motifs is 2. The quantitative estimate of drug-likeness (QED) is 0.429. The molecular weight excluding hydrogens is 214 g/mol. The molecule has 0 saturated heterocycles. The van der Waals surface area contributed by atoms with E-state index in [4.69, 9.17) is 5.84 Å². The Balaban J connectivity index is 1.87. The summed E-state index contributed by atoms with van der Waals surface area (Å²) in [6.45, 7) is 3.09. The summed E-state index contributed by atoms with van der Waals surface area (Å²) in [5.74, 6) is 7.87. The van der Waals surface area contributed by atoms with E-state index in [9.17, 15) is 4.79 Å². The summed E-state index contributed by atoms with van der Waals surface area (Å²) in [5.41, 5.74) is 2.28. The van der Waals surface area contributed by atoms with E-state index in [1.54, 1.807) is 0 Å². The van der Waals surface area contributed by atoms with Gasteiger partial charge in [-0.15, -0.1) is 0 Å².